The number of aromatic nitrogens is 1. The molecular weight excluding hydrogens is 347 g/mol. The molecule has 1 aromatic heterocycles. The SMILES string of the molecule is Cc1cc(C)c2cc(CCNC(=O)COc3ccccc3F)c(=O)[nH]c2c1. The fourth-order valence-electron chi connectivity index (χ4n) is 2.99. The lowest BCUT2D eigenvalue weighted by atomic mass is 10.0. The van der Waals surface area contributed by atoms with Gasteiger partial charge in [-0.25, -0.2) is 4.39 Å². The van der Waals surface area contributed by atoms with Crippen LogP contribution >= 0.6 is 0 Å². The number of amides is 1. The third kappa shape index (κ3) is 4.53. The van der Waals surface area contributed by atoms with Crippen LogP contribution in [0.2, 0.25) is 0 Å². The van der Waals surface area contributed by atoms with Crippen molar-refractivity contribution >= 4 is 16.8 Å². The first kappa shape index (κ1) is 18.6. The summed E-state index contributed by atoms with van der Waals surface area (Å²) in [5, 5.41) is 3.67. The highest BCUT2D eigenvalue weighted by atomic mass is 19.1. The average Bonchev–Trinajstić information content (AvgIpc) is 2.62. The van der Waals surface area contributed by atoms with E-state index in [0.29, 0.717) is 18.5 Å². The number of aryl methyl sites for hydroxylation is 2. The van der Waals surface area contributed by atoms with Crippen LogP contribution in [0.1, 0.15) is 16.7 Å². The molecule has 1 amide bonds. The molecule has 0 spiro atoms. The van der Waals surface area contributed by atoms with Gasteiger partial charge in [0.1, 0.15) is 0 Å². The van der Waals surface area contributed by atoms with Gasteiger partial charge in [-0.15, -0.1) is 0 Å². The van der Waals surface area contributed by atoms with E-state index in [0.717, 1.165) is 22.0 Å². The predicted octanol–water partition coefficient (Wildman–Crippen LogP) is 3.02. The maximum Gasteiger partial charge on any atom is 0.257 e. The van der Waals surface area contributed by atoms with Gasteiger partial charge in [-0.1, -0.05) is 18.2 Å². The number of halogens is 1. The number of H-pyrrole nitrogens is 1. The molecule has 3 aromatic rings. The second-order valence-electron chi connectivity index (χ2n) is 6.49. The topological polar surface area (TPSA) is 71.2 Å². The molecule has 0 saturated heterocycles. The number of ether oxygens (including phenoxy) is 1. The minimum absolute atomic E-state index is 0.0318. The molecule has 1 heterocycles. The van der Waals surface area contributed by atoms with Gasteiger partial charge in [0.05, 0.1) is 0 Å². The summed E-state index contributed by atoms with van der Waals surface area (Å²) in [5.74, 6) is -0.856. The van der Waals surface area contributed by atoms with Crippen molar-refractivity contribution in [1.82, 2.24) is 10.3 Å². The van der Waals surface area contributed by atoms with E-state index in [9.17, 15) is 14.0 Å². The Morgan fingerprint density at radius 1 is 1.19 bits per heavy atom. The Morgan fingerprint density at radius 3 is 2.74 bits per heavy atom. The zero-order valence-electron chi connectivity index (χ0n) is 15.3. The van der Waals surface area contributed by atoms with Crippen molar-refractivity contribution in [3.8, 4) is 5.75 Å². The molecule has 0 unspecified atom stereocenters. The predicted molar refractivity (Wildman–Crippen MR) is 103 cm³/mol. The van der Waals surface area contributed by atoms with Gasteiger partial charge in [-0.2, -0.15) is 0 Å². The summed E-state index contributed by atoms with van der Waals surface area (Å²) in [6.07, 6.45) is 0.393. The van der Waals surface area contributed by atoms with E-state index in [-0.39, 0.29) is 23.8 Å². The molecule has 0 radical (unpaired) electrons. The van der Waals surface area contributed by atoms with Gasteiger partial charge < -0.3 is 15.0 Å². The molecule has 27 heavy (non-hydrogen) atoms. The number of carbonyl (C=O) groups is 1. The Bertz CT molecular complexity index is 1040. The van der Waals surface area contributed by atoms with Crippen molar-refractivity contribution < 1.29 is 13.9 Å². The number of hydrogen-bond donors (Lipinski definition) is 2. The van der Waals surface area contributed by atoms with Crippen molar-refractivity contribution in [2.45, 2.75) is 20.3 Å². The molecular formula is C21H21FN2O3. The summed E-state index contributed by atoms with van der Waals surface area (Å²) in [4.78, 5) is 27.0. The van der Waals surface area contributed by atoms with Crippen molar-refractivity contribution in [3.63, 3.8) is 0 Å². The zero-order chi connectivity index (χ0) is 19.4. The molecule has 0 fully saturated rings. The first-order valence-electron chi connectivity index (χ1n) is 8.71. The van der Waals surface area contributed by atoms with Crippen LogP contribution in [0.4, 0.5) is 4.39 Å². The van der Waals surface area contributed by atoms with Gasteiger partial charge >= 0.3 is 0 Å². The van der Waals surface area contributed by atoms with Crippen molar-refractivity contribution in [2.24, 2.45) is 0 Å². The van der Waals surface area contributed by atoms with Crippen LogP contribution in [0.25, 0.3) is 10.9 Å². The number of para-hydroxylation sites is 1. The molecule has 0 aliphatic heterocycles. The molecule has 0 saturated carbocycles. The fourth-order valence-corrected chi connectivity index (χ4v) is 2.99. The lowest BCUT2D eigenvalue weighted by Gasteiger charge is -2.09. The third-order valence-corrected chi connectivity index (χ3v) is 4.30. The molecule has 5 nitrogen and oxygen atoms in total. The number of aromatic amines is 1. The van der Waals surface area contributed by atoms with Crippen molar-refractivity contribution in [3.05, 3.63) is 75.3 Å². The van der Waals surface area contributed by atoms with Gasteiger partial charge in [0, 0.05) is 23.0 Å². The molecule has 0 aliphatic carbocycles. The van der Waals surface area contributed by atoms with Crippen LogP contribution in [0.5, 0.6) is 5.75 Å². The Labute approximate surface area is 156 Å². The summed E-state index contributed by atoms with van der Waals surface area (Å²) in [6, 6.07) is 11.8. The standard InChI is InChI=1S/C21H21FN2O3/c1-13-9-14(2)16-11-15(21(26)24-18(16)10-13)7-8-23-20(25)12-27-19-6-4-3-5-17(19)22/h3-6,9-11H,7-8,12H2,1-2H3,(H,23,25)(H,24,26). The van der Waals surface area contributed by atoms with Crippen molar-refractivity contribution in [2.75, 3.05) is 13.2 Å². The lowest BCUT2D eigenvalue weighted by molar-refractivity contribution is -0.123. The van der Waals surface area contributed by atoms with Crippen LogP contribution < -0.4 is 15.6 Å². The Balaban J connectivity index is 1.58. The quantitative estimate of drug-likeness (QED) is 0.703. The van der Waals surface area contributed by atoms with Gasteiger partial charge in [0.15, 0.2) is 18.2 Å². The minimum Gasteiger partial charge on any atom is -0.481 e. The fraction of sp³-hybridized carbons (Fsp3) is 0.238. The normalized spacial score (nSPS) is 10.8. The second-order valence-corrected chi connectivity index (χ2v) is 6.49. The maximum atomic E-state index is 13.4. The molecule has 6 heteroatoms. The van der Waals surface area contributed by atoms with E-state index in [1.54, 1.807) is 12.1 Å². The lowest BCUT2D eigenvalue weighted by Crippen LogP contribution is -2.31. The van der Waals surface area contributed by atoms with Crippen LogP contribution in [-0.2, 0) is 11.2 Å². The summed E-state index contributed by atoms with van der Waals surface area (Å²) >= 11 is 0. The number of benzene rings is 2. The monoisotopic (exact) mass is 368 g/mol. The molecule has 0 atom stereocenters. The van der Waals surface area contributed by atoms with E-state index >= 15 is 0 Å². The average molecular weight is 368 g/mol. The van der Waals surface area contributed by atoms with Crippen LogP contribution in [0.3, 0.4) is 0 Å². The first-order chi connectivity index (χ1) is 12.9. The second kappa shape index (κ2) is 8.03. The summed E-state index contributed by atoms with van der Waals surface area (Å²) in [6.45, 7) is 3.99. The minimum atomic E-state index is -0.515. The van der Waals surface area contributed by atoms with E-state index in [1.807, 2.05) is 26.0 Å². The smallest absolute Gasteiger partial charge is 0.257 e. The Morgan fingerprint density at radius 2 is 1.96 bits per heavy atom. The first-order valence-corrected chi connectivity index (χ1v) is 8.71. The highest BCUT2D eigenvalue weighted by Crippen LogP contribution is 2.18. The number of carbonyl (C=O) groups excluding carboxylic acids is 1. The number of rotatable bonds is 6. The molecule has 140 valence electrons. The van der Waals surface area contributed by atoms with Crippen LogP contribution in [-0.4, -0.2) is 24.0 Å². The van der Waals surface area contributed by atoms with Crippen molar-refractivity contribution in [1.29, 1.82) is 0 Å². The maximum absolute atomic E-state index is 13.4. The molecule has 2 N–H and O–H groups in total. The number of pyridine rings is 1. The molecule has 0 aliphatic rings. The number of nitrogens with one attached hydrogen (secondary N) is 2. The Kier molecular flexibility index (Phi) is 5.54. The summed E-state index contributed by atoms with van der Waals surface area (Å²) in [5.41, 5.74) is 3.42. The van der Waals surface area contributed by atoms with E-state index < -0.39 is 5.82 Å². The highest BCUT2D eigenvalue weighted by Gasteiger charge is 2.08. The third-order valence-electron chi connectivity index (χ3n) is 4.30. The molecule has 2 aromatic carbocycles. The van der Waals surface area contributed by atoms with Gasteiger partial charge in [0.25, 0.3) is 11.5 Å². The van der Waals surface area contributed by atoms with Gasteiger partial charge in [-0.05, 0) is 55.7 Å². The van der Waals surface area contributed by atoms with E-state index in [2.05, 4.69) is 16.4 Å². The highest BCUT2D eigenvalue weighted by molar-refractivity contribution is 5.83. The van der Waals surface area contributed by atoms with E-state index in [1.165, 1.54) is 12.1 Å². The molecule has 0 bridgehead atoms. The molecule has 3 rings (SSSR count). The Hall–Kier alpha value is -3.15. The van der Waals surface area contributed by atoms with Gasteiger partial charge in [0.2, 0.25) is 0 Å². The van der Waals surface area contributed by atoms with Crippen LogP contribution in [0, 0.1) is 19.7 Å². The van der Waals surface area contributed by atoms with E-state index in [4.69, 9.17) is 4.74 Å². The van der Waals surface area contributed by atoms with Crippen LogP contribution in [0.15, 0.2) is 47.3 Å². The summed E-state index contributed by atoms with van der Waals surface area (Å²) in [7, 11) is 0. The largest absolute Gasteiger partial charge is 0.481 e. The number of hydrogen-bond acceptors (Lipinski definition) is 3. The zero-order valence-corrected chi connectivity index (χ0v) is 15.3. The van der Waals surface area contributed by atoms with Gasteiger partial charge in [-0.3, -0.25) is 9.59 Å². The summed E-state index contributed by atoms with van der Waals surface area (Å²) < 4.78 is 18.6. The number of fused-ring (bicyclic) bond motifs is 1.